The Hall–Kier alpha value is -2.35. The molecule has 0 aliphatic rings. The minimum Gasteiger partial charge on any atom is -0.439 e. The number of aryl methyl sites for hydroxylation is 3. The molecule has 0 saturated carbocycles. The third-order valence-electron chi connectivity index (χ3n) is 3.60. The zero-order valence-electron chi connectivity index (χ0n) is 12.0. The monoisotopic (exact) mass is 263 g/mol. The highest BCUT2D eigenvalue weighted by molar-refractivity contribution is 5.82. The standard InChI is InChI=1S/C18H17NO/c1-12-8-9-15(10-13(12)2)20-18-11-14(3)16-6-4-5-7-17(16)19-18/h4-11H,1-3H3. The molecule has 0 unspecified atom stereocenters. The molecule has 3 rings (SSSR count). The Morgan fingerprint density at radius 2 is 1.60 bits per heavy atom. The maximum Gasteiger partial charge on any atom is 0.220 e. The molecule has 0 aliphatic heterocycles. The van der Waals surface area contributed by atoms with Gasteiger partial charge in [0.15, 0.2) is 0 Å². The van der Waals surface area contributed by atoms with Gasteiger partial charge in [0.1, 0.15) is 5.75 Å². The summed E-state index contributed by atoms with van der Waals surface area (Å²) in [5.41, 5.74) is 4.63. The Morgan fingerprint density at radius 3 is 2.40 bits per heavy atom. The molecule has 2 nitrogen and oxygen atoms in total. The number of hydrogen-bond acceptors (Lipinski definition) is 2. The van der Waals surface area contributed by atoms with E-state index in [2.05, 4.69) is 37.9 Å². The van der Waals surface area contributed by atoms with E-state index in [9.17, 15) is 0 Å². The molecule has 0 atom stereocenters. The average molecular weight is 263 g/mol. The Labute approximate surface area is 119 Å². The van der Waals surface area contributed by atoms with Gasteiger partial charge in [0.2, 0.25) is 5.88 Å². The summed E-state index contributed by atoms with van der Waals surface area (Å²) in [6.07, 6.45) is 0. The SMILES string of the molecule is Cc1ccc(Oc2cc(C)c3ccccc3n2)cc1C. The highest BCUT2D eigenvalue weighted by Crippen LogP contribution is 2.26. The summed E-state index contributed by atoms with van der Waals surface area (Å²) in [5.74, 6) is 1.47. The van der Waals surface area contributed by atoms with Crippen LogP contribution in [0.25, 0.3) is 10.9 Å². The van der Waals surface area contributed by atoms with Crippen LogP contribution in [0.4, 0.5) is 0 Å². The normalized spacial score (nSPS) is 10.8. The number of ether oxygens (including phenoxy) is 1. The molecule has 0 spiro atoms. The van der Waals surface area contributed by atoms with Gasteiger partial charge in [-0.05, 0) is 55.7 Å². The summed E-state index contributed by atoms with van der Waals surface area (Å²) in [7, 11) is 0. The minimum absolute atomic E-state index is 0.643. The number of pyridine rings is 1. The van der Waals surface area contributed by atoms with Gasteiger partial charge in [0.05, 0.1) is 5.52 Å². The topological polar surface area (TPSA) is 22.1 Å². The van der Waals surface area contributed by atoms with Crippen LogP contribution >= 0.6 is 0 Å². The molecule has 2 aromatic carbocycles. The van der Waals surface area contributed by atoms with Gasteiger partial charge in [-0.1, -0.05) is 24.3 Å². The summed E-state index contributed by atoms with van der Waals surface area (Å²) < 4.78 is 5.89. The third-order valence-corrected chi connectivity index (χ3v) is 3.60. The molecule has 100 valence electrons. The van der Waals surface area contributed by atoms with Gasteiger partial charge in [0.25, 0.3) is 0 Å². The summed E-state index contributed by atoms with van der Waals surface area (Å²) in [5, 5.41) is 1.17. The van der Waals surface area contributed by atoms with Crippen LogP contribution < -0.4 is 4.74 Å². The van der Waals surface area contributed by atoms with E-state index in [1.807, 2.05) is 36.4 Å². The van der Waals surface area contributed by atoms with Gasteiger partial charge in [-0.3, -0.25) is 0 Å². The molecule has 0 saturated heterocycles. The number of rotatable bonds is 2. The summed E-state index contributed by atoms with van der Waals surface area (Å²) in [6, 6.07) is 16.2. The summed E-state index contributed by atoms with van der Waals surface area (Å²) in [4.78, 5) is 4.56. The third kappa shape index (κ3) is 2.37. The lowest BCUT2D eigenvalue weighted by molar-refractivity contribution is 0.464. The van der Waals surface area contributed by atoms with Crippen molar-refractivity contribution in [3.8, 4) is 11.6 Å². The summed E-state index contributed by atoms with van der Waals surface area (Å²) >= 11 is 0. The lowest BCUT2D eigenvalue weighted by Crippen LogP contribution is -1.92. The lowest BCUT2D eigenvalue weighted by atomic mass is 10.1. The number of fused-ring (bicyclic) bond motifs is 1. The molecule has 2 heteroatoms. The zero-order chi connectivity index (χ0) is 14.1. The molecule has 0 aliphatic carbocycles. The highest BCUT2D eigenvalue weighted by atomic mass is 16.5. The fourth-order valence-electron chi connectivity index (χ4n) is 2.27. The van der Waals surface area contributed by atoms with E-state index >= 15 is 0 Å². The number of aromatic nitrogens is 1. The molecule has 1 heterocycles. The second-order valence-electron chi connectivity index (χ2n) is 5.14. The van der Waals surface area contributed by atoms with Crippen LogP contribution in [0, 0.1) is 20.8 Å². The van der Waals surface area contributed by atoms with Crippen molar-refractivity contribution in [3.63, 3.8) is 0 Å². The predicted molar refractivity (Wildman–Crippen MR) is 82.5 cm³/mol. The molecule has 0 N–H and O–H groups in total. The molecule has 0 fully saturated rings. The highest BCUT2D eigenvalue weighted by Gasteiger charge is 2.05. The Balaban J connectivity index is 2.00. The Kier molecular flexibility index (Phi) is 3.15. The first kappa shape index (κ1) is 12.7. The largest absolute Gasteiger partial charge is 0.439 e. The van der Waals surface area contributed by atoms with Crippen molar-refractivity contribution in [1.82, 2.24) is 4.98 Å². The second kappa shape index (κ2) is 4.97. The first-order valence-corrected chi connectivity index (χ1v) is 6.75. The summed E-state index contributed by atoms with van der Waals surface area (Å²) in [6.45, 7) is 6.26. The fraction of sp³-hybridized carbons (Fsp3) is 0.167. The number of para-hydroxylation sites is 1. The number of nitrogens with zero attached hydrogens (tertiary/aromatic N) is 1. The van der Waals surface area contributed by atoms with Crippen LogP contribution in [-0.2, 0) is 0 Å². The van der Waals surface area contributed by atoms with Crippen molar-refractivity contribution >= 4 is 10.9 Å². The van der Waals surface area contributed by atoms with Crippen LogP contribution in [0.2, 0.25) is 0 Å². The van der Waals surface area contributed by atoms with E-state index in [1.54, 1.807) is 0 Å². The van der Waals surface area contributed by atoms with Crippen LogP contribution in [0.1, 0.15) is 16.7 Å². The van der Waals surface area contributed by atoms with Crippen LogP contribution in [0.15, 0.2) is 48.5 Å². The van der Waals surface area contributed by atoms with Crippen molar-refractivity contribution < 1.29 is 4.74 Å². The predicted octanol–water partition coefficient (Wildman–Crippen LogP) is 4.95. The molecule has 3 aromatic rings. The van der Waals surface area contributed by atoms with Gasteiger partial charge in [-0.25, -0.2) is 4.98 Å². The molecular formula is C18H17NO. The fourth-order valence-corrected chi connectivity index (χ4v) is 2.27. The number of hydrogen-bond donors (Lipinski definition) is 0. The van der Waals surface area contributed by atoms with Crippen molar-refractivity contribution in [3.05, 3.63) is 65.2 Å². The maximum atomic E-state index is 5.89. The van der Waals surface area contributed by atoms with Crippen molar-refractivity contribution in [2.24, 2.45) is 0 Å². The van der Waals surface area contributed by atoms with Gasteiger partial charge in [0, 0.05) is 11.5 Å². The van der Waals surface area contributed by atoms with Crippen molar-refractivity contribution in [1.29, 1.82) is 0 Å². The minimum atomic E-state index is 0.643. The van der Waals surface area contributed by atoms with Crippen molar-refractivity contribution in [2.45, 2.75) is 20.8 Å². The van der Waals surface area contributed by atoms with Crippen molar-refractivity contribution in [2.75, 3.05) is 0 Å². The smallest absolute Gasteiger partial charge is 0.220 e. The molecular weight excluding hydrogens is 246 g/mol. The van der Waals surface area contributed by atoms with E-state index < -0.39 is 0 Å². The second-order valence-corrected chi connectivity index (χ2v) is 5.14. The molecule has 0 bridgehead atoms. The Morgan fingerprint density at radius 1 is 0.800 bits per heavy atom. The first-order valence-electron chi connectivity index (χ1n) is 6.75. The van der Waals surface area contributed by atoms with Gasteiger partial charge in [-0.15, -0.1) is 0 Å². The van der Waals surface area contributed by atoms with Crippen LogP contribution in [0.3, 0.4) is 0 Å². The van der Waals surface area contributed by atoms with E-state index in [0.717, 1.165) is 11.3 Å². The number of benzene rings is 2. The van der Waals surface area contributed by atoms with E-state index in [1.165, 1.54) is 22.1 Å². The van der Waals surface area contributed by atoms with Crippen LogP contribution in [-0.4, -0.2) is 4.98 Å². The first-order chi connectivity index (χ1) is 9.63. The van der Waals surface area contributed by atoms with Gasteiger partial charge < -0.3 is 4.74 Å². The molecule has 0 radical (unpaired) electrons. The van der Waals surface area contributed by atoms with Gasteiger partial charge in [-0.2, -0.15) is 0 Å². The van der Waals surface area contributed by atoms with E-state index in [-0.39, 0.29) is 0 Å². The maximum absolute atomic E-state index is 5.89. The molecule has 1 aromatic heterocycles. The lowest BCUT2D eigenvalue weighted by Gasteiger charge is -2.09. The van der Waals surface area contributed by atoms with Gasteiger partial charge >= 0.3 is 0 Å². The molecule has 20 heavy (non-hydrogen) atoms. The van der Waals surface area contributed by atoms with Crippen LogP contribution in [0.5, 0.6) is 11.6 Å². The van der Waals surface area contributed by atoms with E-state index in [4.69, 9.17) is 4.74 Å². The van der Waals surface area contributed by atoms with E-state index in [0.29, 0.717) is 5.88 Å². The quantitative estimate of drug-likeness (QED) is 0.652. The molecule has 0 amide bonds. The Bertz CT molecular complexity index is 777. The average Bonchev–Trinajstić information content (AvgIpc) is 2.43. The zero-order valence-corrected chi connectivity index (χ0v) is 12.0.